The minimum Gasteiger partial charge on any atom is -0.393 e. The van der Waals surface area contributed by atoms with Crippen molar-refractivity contribution in [1.29, 1.82) is 0 Å². The number of aliphatic hydroxyl groups excluding tert-OH is 1. The molecule has 0 fully saturated rings. The quantitative estimate of drug-likeness (QED) is 0.781. The minimum absolute atomic E-state index is 0.0827. The molecule has 0 saturated carbocycles. The van der Waals surface area contributed by atoms with Gasteiger partial charge in [0, 0.05) is 18.3 Å². The number of aromatic nitrogens is 2. The van der Waals surface area contributed by atoms with E-state index in [1.54, 1.807) is 12.4 Å². The molecule has 2 atom stereocenters. The molecule has 7 nitrogen and oxygen atoms in total. The predicted octanol–water partition coefficient (Wildman–Crippen LogP) is 2.26. The standard InChI is InChI=1S/C20H20N4O.CH3NO/c25-14-6-5-7-15-16(11-10-14)20(18-9-2-4-13-22-18)24-23-19(15)17-8-1-3-12-21-17;2-1-3/h1-4,7-9,12-14,16,25H,5-6,10-11H2;1H,(H2,2,3)/b15-7+;. The van der Waals surface area contributed by atoms with Gasteiger partial charge in [-0.25, -0.2) is 0 Å². The molecule has 2 aromatic heterocycles. The molecule has 3 N–H and O–H groups in total. The number of hydrogen-bond donors (Lipinski definition) is 2. The first kappa shape index (κ1) is 19.6. The monoisotopic (exact) mass is 377 g/mol. The summed E-state index contributed by atoms with van der Waals surface area (Å²) in [6.45, 7) is 0. The summed E-state index contributed by atoms with van der Waals surface area (Å²) >= 11 is 0. The van der Waals surface area contributed by atoms with Crippen molar-refractivity contribution < 1.29 is 9.90 Å². The zero-order chi connectivity index (χ0) is 19.8. The molecule has 28 heavy (non-hydrogen) atoms. The Hall–Kier alpha value is -3.19. The molecule has 1 aliphatic heterocycles. The van der Waals surface area contributed by atoms with Crippen molar-refractivity contribution in [3.8, 4) is 0 Å². The van der Waals surface area contributed by atoms with Crippen molar-refractivity contribution in [2.45, 2.75) is 31.8 Å². The minimum atomic E-state index is -0.264. The number of nitrogens with two attached hydrogens (primary N) is 1. The van der Waals surface area contributed by atoms with Crippen LogP contribution < -0.4 is 5.73 Å². The van der Waals surface area contributed by atoms with E-state index in [-0.39, 0.29) is 18.4 Å². The van der Waals surface area contributed by atoms with Gasteiger partial charge in [-0.3, -0.25) is 14.8 Å². The molecule has 2 aromatic rings. The van der Waals surface area contributed by atoms with Crippen molar-refractivity contribution in [1.82, 2.24) is 9.97 Å². The lowest BCUT2D eigenvalue weighted by Gasteiger charge is -2.28. The van der Waals surface area contributed by atoms with Crippen LogP contribution in [0.15, 0.2) is 70.6 Å². The average molecular weight is 377 g/mol. The summed E-state index contributed by atoms with van der Waals surface area (Å²) in [6.07, 6.45) is 8.92. The highest BCUT2D eigenvalue weighted by molar-refractivity contribution is 6.19. The fraction of sp³-hybridized carbons (Fsp3) is 0.286. The predicted molar refractivity (Wildman–Crippen MR) is 108 cm³/mol. The van der Waals surface area contributed by atoms with E-state index in [0.29, 0.717) is 0 Å². The summed E-state index contributed by atoms with van der Waals surface area (Å²) in [7, 11) is 0. The Bertz CT molecular complexity index is 878. The molecule has 2 unspecified atom stereocenters. The summed E-state index contributed by atoms with van der Waals surface area (Å²) in [4.78, 5) is 17.5. The second-order valence-electron chi connectivity index (χ2n) is 6.52. The van der Waals surface area contributed by atoms with Gasteiger partial charge < -0.3 is 10.8 Å². The average Bonchev–Trinajstić information content (AvgIpc) is 2.72. The highest BCUT2D eigenvalue weighted by atomic mass is 16.3. The van der Waals surface area contributed by atoms with Crippen LogP contribution in [-0.2, 0) is 4.79 Å². The third-order valence-electron chi connectivity index (χ3n) is 4.72. The number of pyridine rings is 2. The van der Waals surface area contributed by atoms with Crippen LogP contribution in [-0.4, -0.2) is 39.0 Å². The first-order valence-electron chi connectivity index (χ1n) is 9.26. The first-order chi connectivity index (χ1) is 13.7. The van der Waals surface area contributed by atoms with Gasteiger partial charge in [-0.15, -0.1) is 5.10 Å². The van der Waals surface area contributed by atoms with Crippen LogP contribution in [0, 0.1) is 5.92 Å². The number of carbonyl (C=O) groups is 1. The number of nitrogens with zero attached hydrogens (tertiary/aromatic N) is 4. The van der Waals surface area contributed by atoms with Crippen LogP contribution in [0.1, 0.15) is 37.1 Å². The molecule has 0 aromatic carbocycles. The maximum atomic E-state index is 10.1. The SMILES string of the molecule is NC=O.OC1CC/C=C2/C(c3ccccn3)=NN=C(c3ccccn3)C2CC1. The third kappa shape index (κ3) is 4.55. The molecular formula is C21H23N5O2. The number of amides is 1. The van der Waals surface area contributed by atoms with E-state index >= 15 is 0 Å². The van der Waals surface area contributed by atoms with Gasteiger partial charge in [-0.1, -0.05) is 18.2 Å². The number of allylic oxidation sites excluding steroid dienone is 2. The fourth-order valence-corrected chi connectivity index (χ4v) is 3.46. The molecule has 4 rings (SSSR count). The lowest BCUT2D eigenvalue weighted by atomic mass is 9.80. The van der Waals surface area contributed by atoms with Crippen molar-refractivity contribution in [2.24, 2.45) is 21.9 Å². The van der Waals surface area contributed by atoms with Gasteiger partial charge in [0.05, 0.1) is 23.2 Å². The summed E-state index contributed by atoms with van der Waals surface area (Å²) < 4.78 is 0. The number of carbonyl (C=O) groups excluding carboxylic acids is 1. The second kappa shape index (κ2) is 9.66. The summed E-state index contributed by atoms with van der Waals surface area (Å²) in [5.74, 6) is 0.0827. The number of aliphatic hydroxyl groups is 1. The van der Waals surface area contributed by atoms with E-state index in [1.807, 2.05) is 36.4 Å². The van der Waals surface area contributed by atoms with Crippen molar-refractivity contribution in [3.63, 3.8) is 0 Å². The molecule has 2 aliphatic rings. The van der Waals surface area contributed by atoms with Gasteiger partial charge in [0.1, 0.15) is 5.71 Å². The summed E-state index contributed by atoms with van der Waals surface area (Å²) in [5, 5.41) is 19.1. The van der Waals surface area contributed by atoms with Crippen LogP contribution in [0.3, 0.4) is 0 Å². The Morgan fingerprint density at radius 2 is 1.64 bits per heavy atom. The van der Waals surface area contributed by atoms with Crippen molar-refractivity contribution >= 4 is 17.8 Å². The molecule has 0 saturated heterocycles. The molecule has 1 amide bonds. The Labute approximate surface area is 163 Å². The lowest BCUT2D eigenvalue weighted by molar-refractivity contribution is -0.106. The maximum Gasteiger partial charge on any atom is 0.204 e. The summed E-state index contributed by atoms with van der Waals surface area (Å²) in [5.41, 5.74) is 8.71. The van der Waals surface area contributed by atoms with Crippen LogP contribution in [0.5, 0.6) is 0 Å². The number of primary amides is 1. The van der Waals surface area contributed by atoms with Crippen LogP contribution in [0.25, 0.3) is 0 Å². The highest BCUT2D eigenvalue weighted by Gasteiger charge is 2.32. The van der Waals surface area contributed by atoms with E-state index in [1.165, 1.54) is 0 Å². The highest BCUT2D eigenvalue weighted by Crippen LogP contribution is 2.32. The number of hydrogen-bond acceptors (Lipinski definition) is 6. The number of rotatable bonds is 2. The molecule has 0 spiro atoms. The van der Waals surface area contributed by atoms with Crippen LogP contribution in [0.2, 0.25) is 0 Å². The molecule has 3 heterocycles. The molecule has 144 valence electrons. The first-order valence-corrected chi connectivity index (χ1v) is 9.26. The Morgan fingerprint density at radius 1 is 0.964 bits per heavy atom. The van der Waals surface area contributed by atoms with Gasteiger partial charge in [-0.2, -0.15) is 5.10 Å². The van der Waals surface area contributed by atoms with Crippen LogP contribution >= 0.6 is 0 Å². The summed E-state index contributed by atoms with van der Waals surface area (Å²) in [6, 6.07) is 11.7. The molecule has 7 heteroatoms. The smallest absolute Gasteiger partial charge is 0.204 e. The van der Waals surface area contributed by atoms with Gasteiger partial charge >= 0.3 is 0 Å². The molecular weight excluding hydrogens is 354 g/mol. The zero-order valence-corrected chi connectivity index (χ0v) is 15.5. The van der Waals surface area contributed by atoms with E-state index in [0.717, 1.165) is 54.1 Å². The van der Waals surface area contributed by atoms with Crippen molar-refractivity contribution in [3.05, 3.63) is 71.8 Å². The van der Waals surface area contributed by atoms with Gasteiger partial charge in [0.15, 0.2) is 0 Å². The fourth-order valence-electron chi connectivity index (χ4n) is 3.46. The van der Waals surface area contributed by atoms with Crippen LogP contribution in [0.4, 0.5) is 0 Å². The lowest BCUT2D eigenvalue weighted by Crippen LogP contribution is -2.30. The third-order valence-corrected chi connectivity index (χ3v) is 4.72. The van der Waals surface area contributed by atoms with Crippen molar-refractivity contribution in [2.75, 3.05) is 0 Å². The maximum absolute atomic E-state index is 10.1. The molecule has 0 radical (unpaired) electrons. The van der Waals surface area contributed by atoms with Gasteiger partial charge in [0.2, 0.25) is 6.41 Å². The topological polar surface area (TPSA) is 114 Å². The molecule has 0 bridgehead atoms. The zero-order valence-electron chi connectivity index (χ0n) is 15.5. The van der Waals surface area contributed by atoms with E-state index in [9.17, 15) is 5.11 Å². The van der Waals surface area contributed by atoms with Gasteiger partial charge in [-0.05, 0) is 55.5 Å². The second-order valence-corrected chi connectivity index (χ2v) is 6.52. The normalized spacial score (nSPS) is 23.2. The molecule has 1 aliphatic carbocycles. The van der Waals surface area contributed by atoms with Gasteiger partial charge in [0.25, 0.3) is 0 Å². The Kier molecular flexibility index (Phi) is 6.75. The Balaban J connectivity index is 0.000000706. The number of fused-ring (bicyclic) bond motifs is 1. The van der Waals surface area contributed by atoms with E-state index in [4.69, 9.17) is 4.79 Å². The Morgan fingerprint density at radius 3 is 2.29 bits per heavy atom. The largest absolute Gasteiger partial charge is 0.393 e. The van der Waals surface area contributed by atoms with E-state index < -0.39 is 0 Å². The van der Waals surface area contributed by atoms with E-state index in [2.05, 4.69) is 32.0 Å².